The highest BCUT2D eigenvalue weighted by Gasteiger charge is 2.15. The van der Waals surface area contributed by atoms with Crippen LogP contribution in [0.1, 0.15) is 21.5 Å². The molecular formula is C15H14N2O3. The van der Waals surface area contributed by atoms with Gasteiger partial charge in [0.15, 0.2) is 0 Å². The second kappa shape index (κ2) is 6.55. The van der Waals surface area contributed by atoms with Gasteiger partial charge in [0.25, 0.3) is 5.91 Å². The fourth-order valence-corrected chi connectivity index (χ4v) is 1.75. The minimum Gasteiger partial charge on any atom is -0.472 e. The minimum absolute atomic E-state index is 0.157. The maximum absolute atomic E-state index is 12.4. The molecule has 0 saturated carbocycles. The number of hydrogen-bond donors (Lipinski definition) is 1. The van der Waals surface area contributed by atoms with Gasteiger partial charge in [0.05, 0.1) is 23.7 Å². The van der Waals surface area contributed by atoms with E-state index in [-0.39, 0.29) is 12.5 Å². The summed E-state index contributed by atoms with van der Waals surface area (Å²) in [6.45, 7) is 0.192. The zero-order chi connectivity index (χ0) is 14.4. The maximum Gasteiger partial charge on any atom is 0.255 e. The Kier molecular flexibility index (Phi) is 4.53. The van der Waals surface area contributed by atoms with Crippen LogP contribution in [-0.4, -0.2) is 34.6 Å². The van der Waals surface area contributed by atoms with E-state index in [1.807, 2.05) is 6.07 Å². The maximum atomic E-state index is 12.4. The molecule has 0 aromatic carbocycles. The van der Waals surface area contributed by atoms with Crippen molar-refractivity contribution in [1.82, 2.24) is 9.88 Å². The summed E-state index contributed by atoms with van der Waals surface area (Å²) in [5.74, 6) is 5.10. The van der Waals surface area contributed by atoms with Crippen molar-refractivity contribution < 1.29 is 14.3 Å². The van der Waals surface area contributed by atoms with Gasteiger partial charge in [-0.25, -0.2) is 0 Å². The number of furan rings is 1. The highest BCUT2D eigenvalue weighted by atomic mass is 16.3. The molecule has 0 saturated heterocycles. The van der Waals surface area contributed by atoms with Crippen LogP contribution in [0.15, 0.2) is 41.5 Å². The quantitative estimate of drug-likeness (QED) is 0.853. The average molecular weight is 270 g/mol. The predicted octanol–water partition coefficient (Wildman–Crippen LogP) is 1.29. The fraction of sp³-hybridized carbons (Fsp3) is 0.200. The second-order valence-electron chi connectivity index (χ2n) is 4.17. The van der Waals surface area contributed by atoms with E-state index in [1.54, 1.807) is 36.7 Å². The molecule has 0 aliphatic heterocycles. The molecule has 1 N–H and O–H groups in total. The number of aliphatic hydroxyl groups is 1. The van der Waals surface area contributed by atoms with Crippen LogP contribution in [0.4, 0.5) is 0 Å². The molecule has 20 heavy (non-hydrogen) atoms. The van der Waals surface area contributed by atoms with Gasteiger partial charge in [0.1, 0.15) is 6.61 Å². The minimum atomic E-state index is -0.257. The smallest absolute Gasteiger partial charge is 0.255 e. The number of carbonyl (C=O) groups excluding carboxylic acids is 1. The molecule has 5 heteroatoms. The molecule has 0 unspecified atom stereocenters. The highest BCUT2D eigenvalue weighted by molar-refractivity contribution is 5.96. The van der Waals surface area contributed by atoms with E-state index in [0.29, 0.717) is 17.7 Å². The summed E-state index contributed by atoms with van der Waals surface area (Å²) in [4.78, 5) is 17.9. The zero-order valence-corrected chi connectivity index (χ0v) is 11.0. The molecule has 2 rings (SSSR count). The summed E-state index contributed by atoms with van der Waals surface area (Å²) in [5, 5.41) is 8.74. The Bertz CT molecular complexity index is 639. The average Bonchev–Trinajstić information content (AvgIpc) is 2.97. The first-order valence-electron chi connectivity index (χ1n) is 6.02. The molecule has 2 aromatic heterocycles. The molecule has 5 nitrogen and oxygen atoms in total. The molecule has 1 amide bonds. The summed E-state index contributed by atoms with van der Waals surface area (Å²) < 4.78 is 4.98. The van der Waals surface area contributed by atoms with Crippen LogP contribution in [0.5, 0.6) is 0 Å². The third kappa shape index (κ3) is 3.25. The first-order chi connectivity index (χ1) is 9.72. The number of carbonyl (C=O) groups is 1. The Morgan fingerprint density at radius 3 is 3.05 bits per heavy atom. The van der Waals surface area contributed by atoms with Gasteiger partial charge in [-0.05, 0) is 12.1 Å². The van der Waals surface area contributed by atoms with Crippen molar-refractivity contribution in [3.05, 3.63) is 53.7 Å². The summed E-state index contributed by atoms with van der Waals surface area (Å²) >= 11 is 0. The van der Waals surface area contributed by atoms with Gasteiger partial charge >= 0.3 is 0 Å². The standard InChI is InChI=1S/C15H14N2O3/c1-17(10-12-5-8-20-11-12)15(19)14-4-6-16-9-13(14)3-2-7-18/h4-6,8-9,11,18H,7,10H2,1H3. The third-order valence-electron chi connectivity index (χ3n) is 2.70. The molecule has 102 valence electrons. The number of nitrogens with zero attached hydrogens (tertiary/aromatic N) is 2. The third-order valence-corrected chi connectivity index (χ3v) is 2.70. The van der Waals surface area contributed by atoms with Crippen LogP contribution in [0, 0.1) is 11.8 Å². The van der Waals surface area contributed by atoms with Crippen molar-refractivity contribution in [2.75, 3.05) is 13.7 Å². The van der Waals surface area contributed by atoms with E-state index in [4.69, 9.17) is 9.52 Å². The van der Waals surface area contributed by atoms with Crippen molar-refractivity contribution in [2.24, 2.45) is 0 Å². The summed E-state index contributed by atoms with van der Waals surface area (Å²) in [7, 11) is 1.71. The van der Waals surface area contributed by atoms with Crippen LogP contribution >= 0.6 is 0 Å². The van der Waals surface area contributed by atoms with Gasteiger partial charge in [-0.3, -0.25) is 9.78 Å². The molecule has 0 aliphatic carbocycles. The van der Waals surface area contributed by atoms with Crippen LogP contribution in [0.2, 0.25) is 0 Å². The van der Waals surface area contributed by atoms with Crippen molar-refractivity contribution in [1.29, 1.82) is 0 Å². The SMILES string of the molecule is CN(Cc1ccoc1)C(=O)c1ccncc1C#CCO. The van der Waals surface area contributed by atoms with Crippen LogP contribution < -0.4 is 0 Å². The predicted molar refractivity (Wildman–Crippen MR) is 72.7 cm³/mol. The van der Waals surface area contributed by atoms with Crippen molar-refractivity contribution in [2.45, 2.75) is 6.54 Å². The normalized spacial score (nSPS) is 9.70. The van der Waals surface area contributed by atoms with E-state index in [1.165, 1.54) is 6.20 Å². The summed E-state index contributed by atoms with van der Waals surface area (Å²) in [5.41, 5.74) is 1.88. The van der Waals surface area contributed by atoms with Gasteiger partial charge in [0.2, 0.25) is 0 Å². The topological polar surface area (TPSA) is 66.6 Å². The molecule has 0 fully saturated rings. The Labute approximate surface area is 116 Å². The van der Waals surface area contributed by atoms with Gasteiger partial charge in [0, 0.05) is 31.5 Å². The molecule has 0 spiro atoms. The van der Waals surface area contributed by atoms with E-state index >= 15 is 0 Å². The molecule has 2 heterocycles. The van der Waals surface area contributed by atoms with Crippen LogP contribution in [0.3, 0.4) is 0 Å². The van der Waals surface area contributed by atoms with Gasteiger partial charge in [-0.2, -0.15) is 0 Å². The lowest BCUT2D eigenvalue weighted by molar-refractivity contribution is 0.0784. The largest absolute Gasteiger partial charge is 0.472 e. The number of rotatable bonds is 3. The van der Waals surface area contributed by atoms with Crippen LogP contribution in [-0.2, 0) is 6.54 Å². The molecule has 2 aromatic rings. The second-order valence-corrected chi connectivity index (χ2v) is 4.17. The van der Waals surface area contributed by atoms with Crippen molar-refractivity contribution in [3.8, 4) is 11.8 Å². The van der Waals surface area contributed by atoms with E-state index in [2.05, 4.69) is 16.8 Å². The number of pyridine rings is 1. The fourth-order valence-electron chi connectivity index (χ4n) is 1.75. The highest BCUT2D eigenvalue weighted by Crippen LogP contribution is 2.11. The Morgan fingerprint density at radius 1 is 1.50 bits per heavy atom. The lowest BCUT2D eigenvalue weighted by atomic mass is 10.1. The molecule has 0 aliphatic rings. The Balaban J connectivity index is 2.20. The lowest BCUT2D eigenvalue weighted by Crippen LogP contribution is -2.26. The van der Waals surface area contributed by atoms with E-state index in [0.717, 1.165) is 5.56 Å². The number of hydrogen-bond acceptors (Lipinski definition) is 4. The molecule has 0 atom stereocenters. The van der Waals surface area contributed by atoms with Gasteiger partial charge < -0.3 is 14.4 Å². The van der Waals surface area contributed by atoms with Crippen molar-refractivity contribution >= 4 is 5.91 Å². The Hall–Kier alpha value is -2.58. The first-order valence-corrected chi connectivity index (χ1v) is 6.02. The first kappa shape index (κ1) is 13.8. The molecular weight excluding hydrogens is 256 g/mol. The number of aromatic nitrogens is 1. The zero-order valence-electron chi connectivity index (χ0n) is 11.0. The summed E-state index contributed by atoms with van der Waals surface area (Å²) in [6.07, 6.45) is 6.23. The number of amides is 1. The molecule has 0 radical (unpaired) electrons. The number of aliphatic hydroxyl groups excluding tert-OH is 1. The van der Waals surface area contributed by atoms with E-state index in [9.17, 15) is 4.79 Å². The lowest BCUT2D eigenvalue weighted by Gasteiger charge is -2.16. The van der Waals surface area contributed by atoms with Crippen LogP contribution in [0.25, 0.3) is 0 Å². The Morgan fingerprint density at radius 2 is 2.35 bits per heavy atom. The van der Waals surface area contributed by atoms with Crippen molar-refractivity contribution in [3.63, 3.8) is 0 Å². The summed E-state index contributed by atoms with van der Waals surface area (Å²) in [6, 6.07) is 3.43. The van der Waals surface area contributed by atoms with Gasteiger partial charge in [-0.1, -0.05) is 11.8 Å². The van der Waals surface area contributed by atoms with Gasteiger partial charge in [-0.15, -0.1) is 0 Å². The van der Waals surface area contributed by atoms with E-state index < -0.39 is 0 Å². The monoisotopic (exact) mass is 270 g/mol. The molecule has 0 bridgehead atoms.